The summed E-state index contributed by atoms with van der Waals surface area (Å²) in [6.45, 7) is 2.57. The molecule has 4 nitrogen and oxygen atoms in total. The van der Waals surface area contributed by atoms with Crippen LogP contribution in [-0.2, 0) is 11.3 Å². The van der Waals surface area contributed by atoms with E-state index < -0.39 is 5.97 Å². The first kappa shape index (κ1) is 12.8. The second-order valence-electron chi connectivity index (χ2n) is 3.98. The Morgan fingerprint density at radius 1 is 1.39 bits per heavy atom. The predicted molar refractivity (Wildman–Crippen MR) is 71.5 cm³/mol. The molecule has 0 bridgehead atoms. The standard InChI is InChI=1S/C13H13BrN2O2/c1-9-3-5-10(6-4-9)8-16-12(13(17)18-2)11(14)7-15-16/h3-7H,8H2,1-2H3. The Labute approximate surface area is 114 Å². The number of carbonyl (C=O) groups is 1. The second kappa shape index (κ2) is 5.35. The van der Waals surface area contributed by atoms with E-state index in [1.54, 1.807) is 10.9 Å². The second-order valence-corrected chi connectivity index (χ2v) is 4.83. The van der Waals surface area contributed by atoms with Gasteiger partial charge >= 0.3 is 5.97 Å². The van der Waals surface area contributed by atoms with Crippen LogP contribution < -0.4 is 0 Å². The number of carbonyl (C=O) groups excluding carboxylic acids is 1. The maximum Gasteiger partial charge on any atom is 0.357 e. The zero-order valence-corrected chi connectivity index (χ0v) is 11.8. The van der Waals surface area contributed by atoms with Crippen LogP contribution in [0.1, 0.15) is 21.6 Å². The highest BCUT2D eigenvalue weighted by molar-refractivity contribution is 9.10. The molecule has 0 radical (unpaired) electrons. The summed E-state index contributed by atoms with van der Waals surface area (Å²) >= 11 is 3.30. The number of aryl methyl sites for hydroxylation is 1. The molecule has 0 aliphatic heterocycles. The van der Waals surface area contributed by atoms with Gasteiger partial charge in [-0.15, -0.1) is 0 Å². The van der Waals surface area contributed by atoms with E-state index in [2.05, 4.69) is 21.0 Å². The number of halogens is 1. The number of hydrogen-bond acceptors (Lipinski definition) is 3. The molecule has 1 heterocycles. The molecule has 18 heavy (non-hydrogen) atoms. The zero-order chi connectivity index (χ0) is 13.1. The summed E-state index contributed by atoms with van der Waals surface area (Å²) in [6.07, 6.45) is 1.60. The predicted octanol–water partition coefficient (Wildman–Crippen LogP) is 2.79. The van der Waals surface area contributed by atoms with Crippen molar-refractivity contribution >= 4 is 21.9 Å². The van der Waals surface area contributed by atoms with E-state index >= 15 is 0 Å². The van der Waals surface area contributed by atoms with Gasteiger partial charge in [-0.25, -0.2) is 4.79 Å². The molecule has 0 aliphatic carbocycles. The Balaban J connectivity index is 2.29. The molecule has 1 aromatic heterocycles. The third-order valence-corrected chi connectivity index (χ3v) is 3.21. The van der Waals surface area contributed by atoms with Crippen molar-refractivity contribution in [2.45, 2.75) is 13.5 Å². The zero-order valence-electron chi connectivity index (χ0n) is 10.2. The first-order valence-electron chi connectivity index (χ1n) is 5.47. The number of ether oxygens (including phenoxy) is 1. The van der Waals surface area contributed by atoms with Crippen molar-refractivity contribution in [2.24, 2.45) is 0 Å². The molecule has 0 aliphatic rings. The molecule has 0 saturated heterocycles. The number of hydrogen-bond donors (Lipinski definition) is 0. The van der Waals surface area contributed by atoms with Gasteiger partial charge in [-0.2, -0.15) is 5.10 Å². The molecule has 2 rings (SSSR count). The van der Waals surface area contributed by atoms with Crippen molar-refractivity contribution < 1.29 is 9.53 Å². The molecule has 1 aromatic carbocycles. The minimum Gasteiger partial charge on any atom is -0.464 e. The average molecular weight is 309 g/mol. The van der Waals surface area contributed by atoms with E-state index in [9.17, 15) is 4.79 Å². The maximum atomic E-state index is 11.6. The number of rotatable bonds is 3. The van der Waals surface area contributed by atoms with Crippen molar-refractivity contribution in [1.82, 2.24) is 9.78 Å². The summed E-state index contributed by atoms with van der Waals surface area (Å²) in [5.74, 6) is -0.397. The van der Waals surface area contributed by atoms with Gasteiger partial charge in [0, 0.05) is 0 Å². The third-order valence-electron chi connectivity index (χ3n) is 2.63. The van der Waals surface area contributed by atoms with Gasteiger partial charge in [0.25, 0.3) is 0 Å². The summed E-state index contributed by atoms with van der Waals surface area (Å²) in [4.78, 5) is 11.6. The van der Waals surface area contributed by atoms with E-state index in [1.807, 2.05) is 31.2 Å². The van der Waals surface area contributed by atoms with Crippen molar-refractivity contribution in [3.05, 3.63) is 51.8 Å². The number of nitrogens with zero attached hydrogens (tertiary/aromatic N) is 2. The van der Waals surface area contributed by atoms with E-state index in [-0.39, 0.29) is 0 Å². The Bertz CT molecular complexity index is 561. The monoisotopic (exact) mass is 308 g/mol. The van der Waals surface area contributed by atoms with Crippen LogP contribution in [0.4, 0.5) is 0 Å². The van der Waals surface area contributed by atoms with Crippen LogP contribution in [0.25, 0.3) is 0 Å². The Morgan fingerprint density at radius 2 is 2.06 bits per heavy atom. The number of methoxy groups -OCH3 is 1. The summed E-state index contributed by atoms with van der Waals surface area (Å²) in [7, 11) is 1.36. The largest absolute Gasteiger partial charge is 0.464 e. The van der Waals surface area contributed by atoms with Crippen LogP contribution in [0.3, 0.4) is 0 Å². The van der Waals surface area contributed by atoms with Gasteiger partial charge in [0.05, 0.1) is 24.3 Å². The highest BCUT2D eigenvalue weighted by Gasteiger charge is 2.17. The van der Waals surface area contributed by atoms with Gasteiger partial charge < -0.3 is 4.74 Å². The third kappa shape index (κ3) is 2.61. The van der Waals surface area contributed by atoms with Crippen LogP contribution in [0, 0.1) is 6.92 Å². The molecular weight excluding hydrogens is 296 g/mol. The lowest BCUT2D eigenvalue weighted by molar-refractivity contribution is 0.0586. The number of benzene rings is 1. The Morgan fingerprint density at radius 3 is 2.67 bits per heavy atom. The van der Waals surface area contributed by atoms with E-state index in [0.29, 0.717) is 16.7 Å². The number of esters is 1. The fourth-order valence-electron chi connectivity index (χ4n) is 1.65. The molecule has 0 atom stereocenters. The van der Waals surface area contributed by atoms with E-state index in [4.69, 9.17) is 4.74 Å². The Hall–Kier alpha value is -1.62. The lowest BCUT2D eigenvalue weighted by Crippen LogP contribution is -2.13. The van der Waals surface area contributed by atoms with Gasteiger partial charge in [-0.3, -0.25) is 4.68 Å². The quantitative estimate of drug-likeness (QED) is 0.819. The van der Waals surface area contributed by atoms with Crippen LogP contribution in [0.2, 0.25) is 0 Å². The van der Waals surface area contributed by atoms with Gasteiger partial charge in [-0.05, 0) is 28.4 Å². The van der Waals surface area contributed by atoms with Gasteiger partial charge in [0.1, 0.15) is 0 Å². The van der Waals surface area contributed by atoms with Crippen molar-refractivity contribution in [2.75, 3.05) is 7.11 Å². The average Bonchev–Trinajstić information content (AvgIpc) is 2.72. The molecular formula is C13H13BrN2O2. The van der Waals surface area contributed by atoms with Crippen LogP contribution in [0.5, 0.6) is 0 Å². The summed E-state index contributed by atoms with van der Waals surface area (Å²) in [5, 5.41) is 4.17. The lowest BCUT2D eigenvalue weighted by atomic mass is 10.1. The van der Waals surface area contributed by atoms with Crippen LogP contribution in [-0.4, -0.2) is 22.9 Å². The maximum absolute atomic E-state index is 11.6. The van der Waals surface area contributed by atoms with Gasteiger partial charge in [-0.1, -0.05) is 29.8 Å². The summed E-state index contributed by atoms with van der Waals surface area (Å²) in [6, 6.07) is 8.11. The Kier molecular flexibility index (Phi) is 3.81. The van der Waals surface area contributed by atoms with E-state index in [1.165, 1.54) is 12.7 Å². The highest BCUT2D eigenvalue weighted by Crippen LogP contribution is 2.18. The molecule has 5 heteroatoms. The number of aromatic nitrogens is 2. The van der Waals surface area contributed by atoms with E-state index in [0.717, 1.165) is 5.56 Å². The van der Waals surface area contributed by atoms with Crippen molar-refractivity contribution in [1.29, 1.82) is 0 Å². The first-order valence-corrected chi connectivity index (χ1v) is 6.26. The molecule has 0 spiro atoms. The first-order chi connectivity index (χ1) is 8.61. The molecule has 0 amide bonds. The fourth-order valence-corrected chi connectivity index (χ4v) is 2.11. The lowest BCUT2D eigenvalue weighted by Gasteiger charge is -2.07. The molecule has 2 aromatic rings. The molecule has 0 saturated carbocycles. The van der Waals surface area contributed by atoms with Crippen LogP contribution >= 0.6 is 15.9 Å². The SMILES string of the molecule is COC(=O)c1c(Br)cnn1Cc1ccc(C)cc1. The smallest absolute Gasteiger partial charge is 0.357 e. The minimum atomic E-state index is -0.397. The van der Waals surface area contributed by atoms with Gasteiger partial charge in [0.15, 0.2) is 5.69 Å². The van der Waals surface area contributed by atoms with Crippen LogP contribution in [0.15, 0.2) is 34.9 Å². The fraction of sp³-hybridized carbons (Fsp3) is 0.231. The van der Waals surface area contributed by atoms with Gasteiger partial charge in [0.2, 0.25) is 0 Å². The highest BCUT2D eigenvalue weighted by atomic mass is 79.9. The molecule has 0 N–H and O–H groups in total. The van der Waals surface area contributed by atoms with Crippen molar-refractivity contribution in [3.63, 3.8) is 0 Å². The summed E-state index contributed by atoms with van der Waals surface area (Å²) in [5.41, 5.74) is 2.72. The van der Waals surface area contributed by atoms with Crippen molar-refractivity contribution in [3.8, 4) is 0 Å². The topological polar surface area (TPSA) is 44.1 Å². The molecule has 0 fully saturated rings. The molecule has 94 valence electrons. The molecule has 0 unspecified atom stereocenters. The minimum absolute atomic E-state index is 0.397. The summed E-state index contributed by atoms with van der Waals surface area (Å²) < 4.78 is 7.01. The normalized spacial score (nSPS) is 10.4.